The van der Waals surface area contributed by atoms with E-state index in [4.69, 9.17) is 0 Å². The number of hydrogen-bond acceptors (Lipinski definition) is 2. The van der Waals surface area contributed by atoms with Gasteiger partial charge in [-0.1, -0.05) is 29.8 Å². The third-order valence-electron chi connectivity index (χ3n) is 3.15. The molecule has 1 N–H and O–H groups in total. The number of aryl methyl sites for hydroxylation is 1. The molecule has 1 amide bonds. The Morgan fingerprint density at radius 1 is 1.18 bits per heavy atom. The van der Waals surface area contributed by atoms with Gasteiger partial charge in [0.2, 0.25) is 5.91 Å². The molecule has 116 valence electrons. The molecule has 0 fully saturated rings. The van der Waals surface area contributed by atoms with Crippen molar-refractivity contribution in [2.75, 3.05) is 0 Å². The minimum absolute atomic E-state index is 0.186. The zero-order valence-electron chi connectivity index (χ0n) is 12.4. The van der Waals surface area contributed by atoms with Crippen LogP contribution in [-0.2, 0) is 11.3 Å². The summed E-state index contributed by atoms with van der Waals surface area (Å²) in [5.74, 6) is -1.46. The molecular formula is C17H17F2NOS. The fraction of sp³-hybridized carbons (Fsp3) is 0.235. The molecule has 2 aromatic carbocycles. The van der Waals surface area contributed by atoms with E-state index in [1.165, 1.54) is 12.1 Å². The topological polar surface area (TPSA) is 29.1 Å². The predicted octanol–water partition coefficient (Wildman–Crippen LogP) is 4.07. The van der Waals surface area contributed by atoms with E-state index in [1.54, 1.807) is 6.92 Å². The normalized spacial score (nSPS) is 12.0. The van der Waals surface area contributed by atoms with Crippen molar-refractivity contribution < 1.29 is 13.6 Å². The molecule has 22 heavy (non-hydrogen) atoms. The van der Waals surface area contributed by atoms with Crippen LogP contribution in [0.5, 0.6) is 0 Å². The molecule has 0 aliphatic carbocycles. The molecule has 5 heteroatoms. The van der Waals surface area contributed by atoms with Crippen molar-refractivity contribution in [1.82, 2.24) is 5.32 Å². The SMILES string of the molecule is Cc1ccc(CNC(=O)C(C)Sc2ccc(F)cc2F)cc1. The molecule has 0 bridgehead atoms. The zero-order valence-corrected chi connectivity index (χ0v) is 13.2. The molecule has 0 heterocycles. The van der Waals surface area contributed by atoms with Crippen LogP contribution in [0.15, 0.2) is 47.4 Å². The predicted molar refractivity (Wildman–Crippen MR) is 84.7 cm³/mol. The van der Waals surface area contributed by atoms with E-state index in [2.05, 4.69) is 5.32 Å². The number of nitrogens with one attached hydrogen (secondary N) is 1. The fourth-order valence-electron chi connectivity index (χ4n) is 1.85. The van der Waals surface area contributed by atoms with Crippen LogP contribution in [0.4, 0.5) is 8.78 Å². The number of carbonyl (C=O) groups excluding carboxylic acids is 1. The first-order chi connectivity index (χ1) is 10.5. The Kier molecular flexibility index (Phi) is 5.55. The highest BCUT2D eigenvalue weighted by molar-refractivity contribution is 8.00. The minimum Gasteiger partial charge on any atom is -0.351 e. The van der Waals surface area contributed by atoms with Gasteiger partial charge < -0.3 is 5.32 Å². The Bertz CT molecular complexity index is 658. The Morgan fingerprint density at radius 2 is 1.86 bits per heavy atom. The van der Waals surface area contributed by atoms with Crippen LogP contribution in [0.2, 0.25) is 0 Å². The molecule has 1 unspecified atom stereocenters. The number of rotatable bonds is 5. The quantitative estimate of drug-likeness (QED) is 0.841. The van der Waals surface area contributed by atoms with Crippen LogP contribution in [0.1, 0.15) is 18.1 Å². The monoisotopic (exact) mass is 321 g/mol. The molecule has 0 aliphatic heterocycles. The molecule has 0 aromatic heterocycles. The summed E-state index contributed by atoms with van der Waals surface area (Å²) >= 11 is 1.07. The fourth-order valence-corrected chi connectivity index (χ4v) is 2.74. The van der Waals surface area contributed by atoms with Crippen LogP contribution >= 0.6 is 11.8 Å². The lowest BCUT2D eigenvalue weighted by molar-refractivity contribution is -0.120. The maximum Gasteiger partial charge on any atom is 0.233 e. The highest BCUT2D eigenvalue weighted by Crippen LogP contribution is 2.26. The summed E-state index contributed by atoms with van der Waals surface area (Å²) in [5, 5.41) is 2.35. The van der Waals surface area contributed by atoms with Crippen LogP contribution < -0.4 is 5.32 Å². The Morgan fingerprint density at radius 3 is 2.50 bits per heavy atom. The van der Waals surface area contributed by atoms with Gasteiger partial charge in [0.15, 0.2) is 0 Å². The van der Waals surface area contributed by atoms with Crippen LogP contribution in [0.3, 0.4) is 0 Å². The van der Waals surface area contributed by atoms with Crippen LogP contribution in [-0.4, -0.2) is 11.2 Å². The average molecular weight is 321 g/mol. The largest absolute Gasteiger partial charge is 0.351 e. The van der Waals surface area contributed by atoms with Crippen molar-refractivity contribution in [3.8, 4) is 0 Å². The van der Waals surface area contributed by atoms with Gasteiger partial charge in [-0.05, 0) is 31.5 Å². The molecule has 1 atom stereocenters. The molecule has 0 aliphatic rings. The second kappa shape index (κ2) is 7.40. The Hall–Kier alpha value is -1.88. The van der Waals surface area contributed by atoms with Gasteiger partial charge in [0.25, 0.3) is 0 Å². The Labute approximate surface area is 132 Å². The summed E-state index contributed by atoms with van der Waals surface area (Å²) in [6.07, 6.45) is 0. The number of carbonyl (C=O) groups is 1. The molecular weight excluding hydrogens is 304 g/mol. The van der Waals surface area contributed by atoms with Gasteiger partial charge in [-0.2, -0.15) is 0 Å². The maximum absolute atomic E-state index is 13.6. The van der Waals surface area contributed by atoms with E-state index in [0.29, 0.717) is 6.54 Å². The molecule has 0 radical (unpaired) electrons. The summed E-state index contributed by atoms with van der Waals surface area (Å²) < 4.78 is 26.4. The van der Waals surface area contributed by atoms with Crippen molar-refractivity contribution in [2.45, 2.75) is 30.5 Å². The van der Waals surface area contributed by atoms with E-state index >= 15 is 0 Å². The van der Waals surface area contributed by atoms with Crippen LogP contribution in [0.25, 0.3) is 0 Å². The summed E-state index contributed by atoms with van der Waals surface area (Å²) in [5.41, 5.74) is 2.16. The first kappa shape index (κ1) is 16.5. The van der Waals surface area contributed by atoms with E-state index in [0.717, 1.165) is 29.0 Å². The smallest absolute Gasteiger partial charge is 0.233 e. The average Bonchev–Trinajstić information content (AvgIpc) is 2.49. The molecule has 0 spiro atoms. The number of thioether (sulfide) groups is 1. The molecule has 2 nitrogen and oxygen atoms in total. The lowest BCUT2D eigenvalue weighted by atomic mass is 10.1. The lowest BCUT2D eigenvalue weighted by Gasteiger charge is -2.12. The summed E-state index contributed by atoms with van der Waals surface area (Å²) in [6.45, 7) is 4.12. The second-order valence-electron chi connectivity index (χ2n) is 5.04. The lowest BCUT2D eigenvalue weighted by Crippen LogP contribution is -2.30. The van der Waals surface area contributed by atoms with Gasteiger partial charge in [0.05, 0.1) is 5.25 Å². The third-order valence-corrected chi connectivity index (χ3v) is 4.31. The summed E-state index contributed by atoms with van der Waals surface area (Å²) in [7, 11) is 0. The van der Waals surface area contributed by atoms with Gasteiger partial charge in [-0.3, -0.25) is 4.79 Å². The molecule has 2 aromatic rings. The number of halogens is 2. The third kappa shape index (κ3) is 4.56. The van der Waals surface area contributed by atoms with Crippen molar-refractivity contribution in [3.63, 3.8) is 0 Å². The maximum atomic E-state index is 13.6. The Balaban J connectivity index is 1.90. The van der Waals surface area contributed by atoms with Crippen molar-refractivity contribution in [2.24, 2.45) is 0 Å². The number of amides is 1. The van der Waals surface area contributed by atoms with Gasteiger partial charge >= 0.3 is 0 Å². The standard InChI is InChI=1S/C17H17F2NOS/c1-11-3-5-13(6-4-11)10-20-17(21)12(2)22-16-8-7-14(18)9-15(16)19/h3-9,12H,10H2,1-2H3,(H,20,21). The van der Waals surface area contributed by atoms with Crippen molar-refractivity contribution >= 4 is 17.7 Å². The van der Waals surface area contributed by atoms with E-state index < -0.39 is 16.9 Å². The zero-order chi connectivity index (χ0) is 16.1. The highest BCUT2D eigenvalue weighted by atomic mass is 32.2. The minimum atomic E-state index is -0.650. The van der Waals surface area contributed by atoms with Crippen molar-refractivity contribution in [3.05, 3.63) is 65.2 Å². The summed E-state index contributed by atoms with van der Waals surface area (Å²) in [6, 6.07) is 11.2. The summed E-state index contributed by atoms with van der Waals surface area (Å²) in [4.78, 5) is 12.3. The van der Waals surface area contributed by atoms with Gasteiger partial charge in [-0.25, -0.2) is 8.78 Å². The van der Waals surface area contributed by atoms with Gasteiger partial charge in [-0.15, -0.1) is 11.8 Å². The van der Waals surface area contributed by atoms with E-state index in [-0.39, 0.29) is 10.8 Å². The molecule has 2 rings (SSSR count). The first-order valence-corrected chi connectivity index (χ1v) is 7.78. The number of benzene rings is 2. The molecule has 0 saturated carbocycles. The number of hydrogen-bond donors (Lipinski definition) is 1. The van der Waals surface area contributed by atoms with E-state index in [9.17, 15) is 13.6 Å². The van der Waals surface area contributed by atoms with Gasteiger partial charge in [0, 0.05) is 17.5 Å². The van der Waals surface area contributed by atoms with E-state index in [1.807, 2.05) is 31.2 Å². The van der Waals surface area contributed by atoms with Crippen molar-refractivity contribution in [1.29, 1.82) is 0 Å². The second-order valence-corrected chi connectivity index (χ2v) is 6.42. The highest BCUT2D eigenvalue weighted by Gasteiger charge is 2.16. The van der Waals surface area contributed by atoms with Gasteiger partial charge in [0.1, 0.15) is 11.6 Å². The van der Waals surface area contributed by atoms with Crippen LogP contribution in [0, 0.1) is 18.6 Å². The molecule has 0 saturated heterocycles. The first-order valence-electron chi connectivity index (χ1n) is 6.90.